The number of halogens is 1. The normalized spacial score (nSPS) is 20.2. The third-order valence-corrected chi connectivity index (χ3v) is 3.60. The van der Waals surface area contributed by atoms with E-state index in [1.54, 1.807) is 6.07 Å². The van der Waals surface area contributed by atoms with Crippen molar-refractivity contribution >= 4 is 17.4 Å². The molecule has 102 valence electrons. The molecule has 0 amide bonds. The van der Waals surface area contributed by atoms with E-state index in [-0.39, 0.29) is 17.2 Å². The lowest BCUT2D eigenvalue weighted by atomic mass is 9.88. The van der Waals surface area contributed by atoms with Crippen molar-refractivity contribution in [1.29, 1.82) is 5.26 Å². The highest BCUT2D eigenvalue weighted by Gasteiger charge is 2.31. The van der Waals surface area contributed by atoms with Crippen LogP contribution < -0.4 is 4.90 Å². The zero-order valence-corrected chi connectivity index (χ0v) is 12.2. The van der Waals surface area contributed by atoms with Gasteiger partial charge in [0.15, 0.2) is 5.69 Å². The molecule has 2 heterocycles. The van der Waals surface area contributed by atoms with Crippen molar-refractivity contribution in [3.63, 3.8) is 0 Å². The van der Waals surface area contributed by atoms with Crippen LogP contribution in [0, 0.1) is 16.7 Å². The zero-order chi connectivity index (χ0) is 14.0. The predicted octanol–water partition coefficient (Wildman–Crippen LogP) is 2.86. The van der Waals surface area contributed by atoms with Gasteiger partial charge in [0.25, 0.3) is 0 Å². The molecule has 1 aromatic rings. The molecule has 0 spiro atoms. The van der Waals surface area contributed by atoms with E-state index in [0.29, 0.717) is 11.6 Å². The maximum Gasteiger partial charge on any atom is 0.161 e. The fourth-order valence-electron chi connectivity index (χ4n) is 2.07. The minimum absolute atomic E-state index is 0.0865. The summed E-state index contributed by atoms with van der Waals surface area (Å²) in [6.07, 6.45) is 0.157. The Bertz CT molecular complexity index is 504. The highest BCUT2D eigenvalue weighted by molar-refractivity contribution is 6.31. The lowest BCUT2D eigenvalue weighted by Crippen LogP contribution is -2.48. The fraction of sp³-hybridized carbons (Fsp3) is 0.571. The Balaban J connectivity index is 2.20. The molecule has 0 N–H and O–H groups in total. The lowest BCUT2D eigenvalue weighted by Gasteiger charge is -2.40. The Morgan fingerprint density at radius 2 is 2.21 bits per heavy atom. The van der Waals surface area contributed by atoms with Crippen LogP contribution >= 0.6 is 11.6 Å². The summed E-state index contributed by atoms with van der Waals surface area (Å²) in [5.74, 6) is 0.790. The van der Waals surface area contributed by atoms with Crippen molar-refractivity contribution in [2.45, 2.75) is 26.9 Å². The van der Waals surface area contributed by atoms with E-state index in [0.717, 1.165) is 18.9 Å². The van der Waals surface area contributed by atoms with Crippen molar-refractivity contribution in [3.05, 3.63) is 22.8 Å². The summed E-state index contributed by atoms with van der Waals surface area (Å²) >= 11 is 5.91. The largest absolute Gasteiger partial charge is 0.374 e. The van der Waals surface area contributed by atoms with Crippen LogP contribution in [0.2, 0.25) is 5.02 Å². The molecule has 1 atom stereocenters. The van der Waals surface area contributed by atoms with Crippen molar-refractivity contribution in [3.8, 4) is 6.07 Å². The summed E-state index contributed by atoms with van der Waals surface area (Å²) < 4.78 is 5.81. The van der Waals surface area contributed by atoms with E-state index < -0.39 is 0 Å². The van der Waals surface area contributed by atoms with Gasteiger partial charge in [-0.05, 0) is 17.5 Å². The minimum Gasteiger partial charge on any atom is -0.374 e. The first kappa shape index (κ1) is 14.1. The summed E-state index contributed by atoms with van der Waals surface area (Å²) in [6, 6.07) is 5.60. The van der Waals surface area contributed by atoms with E-state index in [1.807, 2.05) is 12.1 Å². The van der Waals surface area contributed by atoms with E-state index in [2.05, 4.69) is 30.7 Å². The number of morpholine rings is 1. The van der Waals surface area contributed by atoms with Crippen LogP contribution in [0.3, 0.4) is 0 Å². The summed E-state index contributed by atoms with van der Waals surface area (Å²) in [5, 5.41) is 9.38. The van der Waals surface area contributed by atoms with Gasteiger partial charge in [-0.15, -0.1) is 0 Å². The van der Waals surface area contributed by atoms with Gasteiger partial charge in [-0.1, -0.05) is 32.4 Å². The van der Waals surface area contributed by atoms with Crippen LogP contribution in [0.25, 0.3) is 0 Å². The number of aromatic nitrogens is 1. The molecule has 0 aliphatic carbocycles. The number of hydrogen-bond acceptors (Lipinski definition) is 4. The number of hydrogen-bond donors (Lipinski definition) is 0. The Morgan fingerprint density at radius 3 is 2.84 bits per heavy atom. The van der Waals surface area contributed by atoms with Gasteiger partial charge in [0.05, 0.1) is 17.7 Å². The first-order chi connectivity index (χ1) is 8.91. The molecule has 0 bridgehead atoms. The van der Waals surface area contributed by atoms with Crippen molar-refractivity contribution < 1.29 is 4.74 Å². The van der Waals surface area contributed by atoms with E-state index in [1.165, 1.54) is 0 Å². The Kier molecular flexibility index (Phi) is 3.98. The quantitative estimate of drug-likeness (QED) is 0.793. The van der Waals surface area contributed by atoms with E-state index in [4.69, 9.17) is 21.6 Å². The second kappa shape index (κ2) is 5.36. The van der Waals surface area contributed by atoms with E-state index >= 15 is 0 Å². The van der Waals surface area contributed by atoms with Crippen molar-refractivity contribution in [2.75, 3.05) is 24.6 Å². The number of nitrogens with zero attached hydrogens (tertiary/aromatic N) is 3. The van der Waals surface area contributed by atoms with Gasteiger partial charge in [0.1, 0.15) is 11.9 Å². The van der Waals surface area contributed by atoms with Crippen LogP contribution in [0.5, 0.6) is 0 Å². The molecule has 0 radical (unpaired) electrons. The molecule has 0 aromatic carbocycles. The minimum atomic E-state index is 0.0865. The maximum absolute atomic E-state index is 8.98. The van der Waals surface area contributed by atoms with Crippen molar-refractivity contribution in [1.82, 2.24) is 4.98 Å². The molecule has 0 unspecified atom stereocenters. The maximum atomic E-state index is 8.98. The monoisotopic (exact) mass is 279 g/mol. The first-order valence-corrected chi connectivity index (χ1v) is 6.73. The molecule has 5 heteroatoms. The van der Waals surface area contributed by atoms with Gasteiger partial charge >= 0.3 is 0 Å². The second-order valence-corrected chi connectivity index (χ2v) is 6.19. The highest BCUT2D eigenvalue weighted by atomic mass is 35.5. The van der Waals surface area contributed by atoms with Gasteiger partial charge in [0, 0.05) is 13.1 Å². The number of ether oxygens (including phenoxy) is 1. The van der Waals surface area contributed by atoms with Crippen molar-refractivity contribution in [2.24, 2.45) is 5.41 Å². The van der Waals surface area contributed by atoms with Crippen LogP contribution in [-0.2, 0) is 4.74 Å². The smallest absolute Gasteiger partial charge is 0.161 e. The topological polar surface area (TPSA) is 49.2 Å². The molecule has 1 aliphatic heterocycles. The molecule has 4 nitrogen and oxygen atoms in total. The fourth-order valence-corrected chi connectivity index (χ4v) is 2.22. The third kappa shape index (κ3) is 3.17. The standard InChI is InChI=1S/C14H18ClN3O/c1-14(2,3)12-9-18(6-7-19-12)13-5-4-10(15)11(8-16)17-13/h4-5,12H,6-7,9H2,1-3H3/t12-/m0/s1. The predicted molar refractivity (Wildman–Crippen MR) is 75.4 cm³/mol. The summed E-state index contributed by atoms with van der Waals surface area (Å²) in [4.78, 5) is 6.46. The number of rotatable bonds is 1. The molecular formula is C14H18ClN3O. The van der Waals surface area contributed by atoms with Gasteiger partial charge in [0.2, 0.25) is 0 Å². The summed E-state index contributed by atoms with van der Waals surface area (Å²) in [7, 11) is 0. The van der Waals surface area contributed by atoms with Gasteiger partial charge in [-0.2, -0.15) is 5.26 Å². The number of nitriles is 1. The van der Waals surface area contributed by atoms with Gasteiger partial charge in [-0.3, -0.25) is 0 Å². The lowest BCUT2D eigenvalue weighted by molar-refractivity contribution is -0.0267. The zero-order valence-electron chi connectivity index (χ0n) is 11.5. The molecule has 1 aromatic heterocycles. The molecule has 1 aliphatic rings. The van der Waals surface area contributed by atoms with E-state index in [9.17, 15) is 0 Å². The highest BCUT2D eigenvalue weighted by Crippen LogP contribution is 2.28. The molecule has 0 saturated carbocycles. The average Bonchev–Trinajstić information content (AvgIpc) is 2.38. The second-order valence-electron chi connectivity index (χ2n) is 5.78. The summed E-state index contributed by atoms with van der Waals surface area (Å²) in [6.45, 7) is 8.73. The Hall–Kier alpha value is -1.31. The molecule has 1 saturated heterocycles. The number of pyridine rings is 1. The Morgan fingerprint density at radius 1 is 1.47 bits per heavy atom. The van der Waals surface area contributed by atoms with Crippen LogP contribution in [-0.4, -0.2) is 30.8 Å². The number of anilines is 1. The van der Waals surface area contributed by atoms with Gasteiger partial charge < -0.3 is 9.64 Å². The molecular weight excluding hydrogens is 262 g/mol. The van der Waals surface area contributed by atoms with Gasteiger partial charge in [-0.25, -0.2) is 4.98 Å². The first-order valence-electron chi connectivity index (χ1n) is 6.35. The molecule has 2 rings (SSSR count). The Labute approximate surface area is 118 Å². The van der Waals surface area contributed by atoms with Crippen LogP contribution in [0.15, 0.2) is 12.1 Å². The average molecular weight is 280 g/mol. The molecule has 19 heavy (non-hydrogen) atoms. The summed E-state index contributed by atoms with van der Waals surface area (Å²) in [5.41, 5.74) is 0.362. The van der Waals surface area contributed by atoms with Crippen LogP contribution in [0.1, 0.15) is 26.5 Å². The van der Waals surface area contributed by atoms with Crippen LogP contribution in [0.4, 0.5) is 5.82 Å². The third-order valence-electron chi connectivity index (χ3n) is 3.29. The SMILES string of the molecule is CC(C)(C)[C@@H]1CN(c2ccc(Cl)c(C#N)n2)CCO1. The molecule has 1 fully saturated rings.